The van der Waals surface area contributed by atoms with Gasteiger partial charge in [0.15, 0.2) is 0 Å². The second-order valence-corrected chi connectivity index (χ2v) is 5.35. The highest BCUT2D eigenvalue weighted by Gasteiger charge is 2.13. The van der Waals surface area contributed by atoms with E-state index >= 15 is 0 Å². The molecule has 1 aromatic carbocycles. The summed E-state index contributed by atoms with van der Waals surface area (Å²) in [6, 6.07) is 6.04. The summed E-state index contributed by atoms with van der Waals surface area (Å²) in [7, 11) is 0. The number of hydrogen-bond acceptors (Lipinski definition) is 3. The Balaban J connectivity index is 2.00. The van der Waals surface area contributed by atoms with E-state index in [0.717, 1.165) is 15.4 Å². The third-order valence-corrected chi connectivity index (χ3v) is 3.37. The molecule has 3 nitrogen and oxygen atoms in total. The number of halogens is 1. The average molecular weight is 264 g/mol. The molecule has 94 valence electrons. The summed E-state index contributed by atoms with van der Waals surface area (Å²) >= 11 is 1.50. The second-order valence-electron chi connectivity index (χ2n) is 3.95. The lowest BCUT2D eigenvalue weighted by Gasteiger charge is -2.04. The van der Waals surface area contributed by atoms with Crippen molar-refractivity contribution in [2.24, 2.45) is 0 Å². The van der Waals surface area contributed by atoms with E-state index in [1.807, 2.05) is 13.8 Å². The Morgan fingerprint density at radius 3 is 2.56 bits per heavy atom. The quantitative estimate of drug-likeness (QED) is 0.926. The lowest BCUT2D eigenvalue weighted by atomic mass is 10.2. The van der Waals surface area contributed by atoms with Crippen LogP contribution in [0.3, 0.4) is 0 Å². The minimum absolute atomic E-state index is 0.193. The molecule has 0 radical (unpaired) electrons. The first kappa shape index (κ1) is 12.7. The van der Waals surface area contributed by atoms with Crippen LogP contribution in [0.15, 0.2) is 24.3 Å². The standard InChI is InChI=1S/C13H13FN2OS/c1-8-12(16-9(2)18-8)13(17)15-7-10-3-5-11(14)6-4-10/h3-6H,7H2,1-2H3,(H,15,17). The summed E-state index contributed by atoms with van der Waals surface area (Å²) < 4.78 is 12.7. The summed E-state index contributed by atoms with van der Waals surface area (Å²) in [4.78, 5) is 17.0. The van der Waals surface area contributed by atoms with Crippen LogP contribution in [-0.4, -0.2) is 10.9 Å². The third kappa shape index (κ3) is 2.92. The van der Waals surface area contributed by atoms with Crippen molar-refractivity contribution in [2.45, 2.75) is 20.4 Å². The van der Waals surface area contributed by atoms with Crippen molar-refractivity contribution in [1.29, 1.82) is 0 Å². The fourth-order valence-electron chi connectivity index (χ4n) is 1.61. The highest BCUT2D eigenvalue weighted by atomic mass is 32.1. The zero-order valence-electron chi connectivity index (χ0n) is 10.2. The predicted octanol–water partition coefficient (Wildman–Crippen LogP) is 2.83. The number of amides is 1. The Morgan fingerprint density at radius 2 is 2.00 bits per heavy atom. The molecule has 0 atom stereocenters. The van der Waals surface area contributed by atoms with Gasteiger partial charge in [0, 0.05) is 11.4 Å². The molecule has 1 N–H and O–H groups in total. The van der Waals surface area contributed by atoms with E-state index in [0.29, 0.717) is 12.2 Å². The highest BCUT2D eigenvalue weighted by molar-refractivity contribution is 7.11. The first-order chi connectivity index (χ1) is 8.56. The van der Waals surface area contributed by atoms with Crippen molar-refractivity contribution in [3.05, 3.63) is 51.2 Å². The maximum atomic E-state index is 12.7. The van der Waals surface area contributed by atoms with E-state index in [-0.39, 0.29) is 11.7 Å². The molecule has 2 aromatic rings. The summed E-state index contributed by atoms with van der Waals surface area (Å²) in [5.41, 5.74) is 1.33. The normalized spacial score (nSPS) is 10.4. The van der Waals surface area contributed by atoms with Crippen LogP contribution in [0.25, 0.3) is 0 Å². The molecule has 1 amide bonds. The van der Waals surface area contributed by atoms with Gasteiger partial charge in [-0.1, -0.05) is 12.1 Å². The molecule has 2 rings (SSSR count). The number of carbonyl (C=O) groups excluding carboxylic acids is 1. The van der Waals surface area contributed by atoms with E-state index in [1.54, 1.807) is 12.1 Å². The van der Waals surface area contributed by atoms with E-state index in [1.165, 1.54) is 23.5 Å². The summed E-state index contributed by atoms with van der Waals surface area (Å²) in [6.45, 7) is 4.11. The zero-order chi connectivity index (χ0) is 13.1. The molecular weight excluding hydrogens is 251 g/mol. The highest BCUT2D eigenvalue weighted by Crippen LogP contribution is 2.16. The van der Waals surface area contributed by atoms with Gasteiger partial charge in [-0.3, -0.25) is 4.79 Å². The molecular formula is C13H13FN2OS. The van der Waals surface area contributed by atoms with E-state index in [4.69, 9.17) is 0 Å². The van der Waals surface area contributed by atoms with Gasteiger partial charge in [-0.25, -0.2) is 9.37 Å². The van der Waals surface area contributed by atoms with Crippen molar-refractivity contribution in [2.75, 3.05) is 0 Å². The first-order valence-electron chi connectivity index (χ1n) is 5.53. The van der Waals surface area contributed by atoms with Gasteiger partial charge in [0.1, 0.15) is 11.5 Å². The van der Waals surface area contributed by atoms with E-state index in [2.05, 4.69) is 10.3 Å². The van der Waals surface area contributed by atoms with Crippen LogP contribution in [0, 0.1) is 19.7 Å². The predicted molar refractivity (Wildman–Crippen MR) is 69.2 cm³/mol. The number of nitrogens with one attached hydrogen (secondary N) is 1. The summed E-state index contributed by atoms with van der Waals surface area (Å²) in [6.07, 6.45) is 0. The summed E-state index contributed by atoms with van der Waals surface area (Å²) in [5, 5.41) is 3.65. The van der Waals surface area contributed by atoms with Crippen molar-refractivity contribution >= 4 is 17.2 Å². The van der Waals surface area contributed by atoms with E-state index in [9.17, 15) is 9.18 Å². The number of aryl methyl sites for hydroxylation is 2. The fraction of sp³-hybridized carbons (Fsp3) is 0.231. The van der Waals surface area contributed by atoms with Gasteiger partial charge in [-0.15, -0.1) is 11.3 Å². The van der Waals surface area contributed by atoms with Crippen molar-refractivity contribution < 1.29 is 9.18 Å². The number of rotatable bonds is 3. The van der Waals surface area contributed by atoms with Crippen LogP contribution in [0.2, 0.25) is 0 Å². The number of hydrogen-bond donors (Lipinski definition) is 1. The molecule has 1 aromatic heterocycles. The monoisotopic (exact) mass is 264 g/mol. The SMILES string of the molecule is Cc1nc(C(=O)NCc2ccc(F)cc2)c(C)s1. The van der Waals surface area contributed by atoms with Gasteiger partial charge >= 0.3 is 0 Å². The molecule has 0 unspecified atom stereocenters. The largest absolute Gasteiger partial charge is 0.347 e. The Morgan fingerprint density at radius 1 is 1.33 bits per heavy atom. The Hall–Kier alpha value is -1.75. The molecule has 0 saturated heterocycles. The lowest BCUT2D eigenvalue weighted by Crippen LogP contribution is -2.23. The van der Waals surface area contributed by atoms with Gasteiger partial charge in [0.2, 0.25) is 0 Å². The van der Waals surface area contributed by atoms with Crippen LogP contribution in [0.5, 0.6) is 0 Å². The lowest BCUT2D eigenvalue weighted by molar-refractivity contribution is 0.0946. The number of carbonyl (C=O) groups is 1. The third-order valence-electron chi connectivity index (χ3n) is 2.48. The van der Waals surface area contributed by atoms with Gasteiger partial charge in [0.05, 0.1) is 5.01 Å². The maximum Gasteiger partial charge on any atom is 0.271 e. The molecule has 0 aliphatic heterocycles. The van der Waals surface area contributed by atoms with Crippen LogP contribution in [-0.2, 0) is 6.54 Å². The maximum absolute atomic E-state index is 12.7. The topological polar surface area (TPSA) is 42.0 Å². The Labute approximate surface area is 109 Å². The van der Waals surface area contributed by atoms with Gasteiger partial charge in [0.25, 0.3) is 5.91 Å². The molecule has 1 heterocycles. The number of aromatic nitrogens is 1. The second kappa shape index (κ2) is 5.27. The fourth-order valence-corrected chi connectivity index (χ4v) is 2.42. The van der Waals surface area contributed by atoms with Gasteiger partial charge in [-0.05, 0) is 31.5 Å². The Bertz CT molecular complexity index is 563. The van der Waals surface area contributed by atoms with Crippen LogP contribution in [0.4, 0.5) is 4.39 Å². The zero-order valence-corrected chi connectivity index (χ0v) is 11.0. The molecule has 0 aliphatic carbocycles. The van der Waals surface area contributed by atoms with Crippen LogP contribution < -0.4 is 5.32 Å². The van der Waals surface area contributed by atoms with Crippen LogP contribution in [0.1, 0.15) is 25.9 Å². The number of nitrogens with zero attached hydrogens (tertiary/aromatic N) is 1. The van der Waals surface area contributed by atoms with Crippen LogP contribution >= 0.6 is 11.3 Å². The van der Waals surface area contributed by atoms with E-state index < -0.39 is 0 Å². The molecule has 18 heavy (non-hydrogen) atoms. The number of thiazole rings is 1. The molecule has 0 bridgehead atoms. The molecule has 0 spiro atoms. The Kier molecular flexibility index (Phi) is 3.72. The molecule has 5 heteroatoms. The van der Waals surface area contributed by atoms with Gasteiger partial charge in [-0.2, -0.15) is 0 Å². The van der Waals surface area contributed by atoms with Crippen molar-refractivity contribution in [1.82, 2.24) is 10.3 Å². The number of benzene rings is 1. The minimum atomic E-state index is -0.281. The minimum Gasteiger partial charge on any atom is -0.347 e. The van der Waals surface area contributed by atoms with Gasteiger partial charge < -0.3 is 5.32 Å². The summed E-state index contributed by atoms with van der Waals surface area (Å²) in [5.74, 6) is -0.475. The molecule has 0 saturated carbocycles. The average Bonchev–Trinajstić information content (AvgIpc) is 2.67. The molecule has 0 aliphatic rings. The first-order valence-corrected chi connectivity index (χ1v) is 6.34. The van der Waals surface area contributed by atoms with Crippen molar-refractivity contribution in [3.8, 4) is 0 Å². The molecule has 0 fully saturated rings. The smallest absolute Gasteiger partial charge is 0.271 e. The van der Waals surface area contributed by atoms with Crippen molar-refractivity contribution in [3.63, 3.8) is 0 Å².